The van der Waals surface area contributed by atoms with Crippen LogP contribution in [0.25, 0.3) is 0 Å². The summed E-state index contributed by atoms with van der Waals surface area (Å²) in [6, 6.07) is 2.84. The topological polar surface area (TPSA) is 100 Å². The van der Waals surface area contributed by atoms with Gasteiger partial charge in [0.1, 0.15) is 6.04 Å². The molecule has 3 atom stereocenters. The Balaban J connectivity index is 2.29. The third kappa shape index (κ3) is 1.82. The molecule has 2 heterocycles. The van der Waals surface area contributed by atoms with Crippen LogP contribution in [0.15, 0.2) is 24.5 Å². The summed E-state index contributed by atoms with van der Waals surface area (Å²) in [4.78, 5) is 14.8. The molecule has 1 saturated heterocycles. The lowest BCUT2D eigenvalue weighted by Crippen LogP contribution is -2.39. The number of carboxylic acid groups (broad SMARTS) is 1. The van der Waals surface area contributed by atoms with E-state index in [9.17, 15) is 4.79 Å². The number of nitrogens with two attached hydrogens (primary N) is 1. The van der Waals surface area contributed by atoms with E-state index in [1.165, 1.54) is 0 Å². The maximum absolute atomic E-state index is 11.0. The molecule has 0 spiro atoms. The van der Waals surface area contributed by atoms with Gasteiger partial charge < -0.3 is 10.8 Å². The minimum Gasteiger partial charge on any atom is -0.480 e. The average Bonchev–Trinajstić information content (AvgIpc) is 2.61. The van der Waals surface area contributed by atoms with Crippen molar-refractivity contribution >= 4 is 5.97 Å². The molecule has 0 saturated carbocycles. The minimum atomic E-state index is -0.919. The molecule has 6 nitrogen and oxygen atoms in total. The molecule has 1 aromatic rings. The molecule has 0 aromatic carbocycles. The van der Waals surface area contributed by atoms with Crippen LogP contribution in [0.3, 0.4) is 0 Å². The van der Waals surface area contributed by atoms with Crippen LogP contribution >= 0.6 is 0 Å². The van der Waals surface area contributed by atoms with Crippen molar-refractivity contribution < 1.29 is 9.90 Å². The molecule has 5 N–H and O–H groups in total. The first kappa shape index (κ1) is 10.0. The van der Waals surface area contributed by atoms with Crippen molar-refractivity contribution in [3.05, 3.63) is 30.1 Å². The number of carboxylic acids is 1. The number of pyridine rings is 1. The highest BCUT2D eigenvalue weighted by Crippen LogP contribution is 2.24. The largest absolute Gasteiger partial charge is 0.480 e. The molecular weight excluding hydrogens is 196 g/mol. The zero-order chi connectivity index (χ0) is 10.8. The second kappa shape index (κ2) is 3.93. The van der Waals surface area contributed by atoms with Crippen LogP contribution in [0.1, 0.15) is 11.5 Å². The zero-order valence-electron chi connectivity index (χ0n) is 7.92. The van der Waals surface area contributed by atoms with E-state index in [1.807, 2.05) is 0 Å². The third-order valence-electron chi connectivity index (χ3n) is 2.51. The average molecular weight is 208 g/mol. The summed E-state index contributed by atoms with van der Waals surface area (Å²) in [5, 5.41) is 8.99. The normalized spacial score (nSPS) is 30.3. The molecule has 1 aliphatic heterocycles. The van der Waals surface area contributed by atoms with E-state index in [4.69, 9.17) is 10.8 Å². The van der Waals surface area contributed by atoms with E-state index >= 15 is 0 Å². The minimum absolute atomic E-state index is 0.287. The number of hydrogen-bond acceptors (Lipinski definition) is 5. The molecule has 6 heteroatoms. The van der Waals surface area contributed by atoms with Gasteiger partial charge in [0.15, 0.2) is 0 Å². The van der Waals surface area contributed by atoms with Crippen molar-refractivity contribution in [1.82, 2.24) is 15.8 Å². The van der Waals surface area contributed by atoms with Gasteiger partial charge in [-0.25, -0.2) is 10.9 Å². The number of nitrogens with zero attached hydrogens (tertiary/aromatic N) is 1. The van der Waals surface area contributed by atoms with Crippen LogP contribution in [0.2, 0.25) is 0 Å². The van der Waals surface area contributed by atoms with Crippen LogP contribution < -0.4 is 16.6 Å². The van der Waals surface area contributed by atoms with Crippen molar-refractivity contribution in [2.75, 3.05) is 0 Å². The molecular formula is C9H12N4O2. The van der Waals surface area contributed by atoms with Crippen molar-refractivity contribution in [2.24, 2.45) is 5.73 Å². The van der Waals surface area contributed by atoms with Gasteiger partial charge in [-0.05, 0) is 17.7 Å². The van der Waals surface area contributed by atoms with Crippen molar-refractivity contribution in [3.63, 3.8) is 0 Å². The van der Waals surface area contributed by atoms with Crippen LogP contribution in [-0.4, -0.2) is 28.3 Å². The second-order valence-electron chi connectivity index (χ2n) is 3.44. The molecule has 0 radical (unpaired) electrons. The summed E-state index contributed by atoms with van der Waals surface area (Å²) >= 11 is 0. The predicted molar refractivity (Wildman–Crippen MR) is 52.6 cm³/mol. The Morgan fingerprint density at radius 3 is 2.67 bits per heavy atom. The van der Waals surface area contributed by atoms with E-state index in [-0.39, 0.29) is 5.92 Å². The second-order valence-corrected chi connectivity index (χ2v) is 3.44. The Labute approximate surface area is 86.5 Å². The lowest BCUT2D eigenvalue weighted by Gasteiger charge is -2.17. The maximum atomic E-state index is 11.0. The molecule has 0 bridgehead atoms. The van der Waals surface area contributed by atoms with E-state index in [2.05, 4.69) is 15.8 Å². The first-order chi connectivity index (χ1) is 7.20. The number of nitrogens with one attached hydrogen (secondary N) is 2. The number of rotatable bonds is 2. The monoisotopic (exact) mass is 208 g/mol. The fourth-order valence-corrected chi connectivity index (χ4v) is 1.77. The number of hydrogen-bond donors (Lipinski definition) is 4. The standard InChI is InChI=1S/C9H12N4O2/c10-8-6(5-1-3-11-4-2-5)7(9(14)15)12-13-8/h1-4,6-8,12-13H,10H2,(H,14,15). The highest BCUT2D eigenvalue weighted by Gasteiger charge is 2.39. The number of aromatic nitrogens is 1. The van der Waals surface area contributed by atoms with E-state index in [1.54, 1.807) is 24.5 Å². The van der Waals surface area contributed by atoms with Gasteiger partial charge >= 0.3 is 5.97 Å². The Morgan fingerprint density at radius 1 is 1.40 bits per heavy atom. The molecule has 1 aliphatic rings. The lowest BCUT2D eigenvalue weighted by molar-refractivity contribution is -0.139. The van der Waals surface area contributed by atoms with Crippen molar-refractivity contribution in [3.8, 4) is 0 Å². The fraction of sp³-hybridized carbons (Fsp3) is 0.333. The maximum Gasteiger partial charge on any atom is 0.322 e. The van der Waals surface area contributed by atoms with Gasteiger partial charge in [0.25, 0.3) is 0 Å². The van der Waals surface area contributed by atoms with Gasteiger partial charge in [0, 0.05) is 18.3 Å². The molecule has 3 unspecified atom stereocenters. The van der Waals surface area contributed by atoms with Crippen LogP contribution in [0.5, 0.6) is 0 Å². The SMILES string of the molecule is NC1NNC(C(=O)O)C1c1ccncc1. The summed E-state index contributed by atoms with van der Waals surface area (Å²) in [7, 11) is 0. The van der Waals surface area contributed by atoms with Crippen LogP contribution in [0.4, 0.5) is 0 Å². The number of carbonyl (C=O) groups is 1. The molecule has 80 valence electrons. The summed E-state index contributed by atoms with van der Waals surface area (Å²) in [5.74, 6) is -1.21. The predicted octanol–water partition coefficient (Wildman–Crippen LogP) is -0.989. The first-order valence-corrected chi connectivity index (χ1v) is 4.59. The number of hydrazine groups is 1. The Morgan fingerprint density at radius 2 is 2.07 bits per heavy atom. The van der Waals surface area contributed by atoms with E-state index in [0.29, 0.717) is 0 Å². The molecule has 2 rings (SSSR count). The summed E-state index contributed by atoms with van der Waals surface area (Å²) in [6.45, 7) is 0. The van der Waals surface area contributed by atoms with Gasteiger partial charge in [0.2, 0.25) is 0 Å². The third-order valence-corrected chi connectivity index (χ3v) is 2.51. The Kier molecular flexibility index (Phi) is 2.63. The highest BCUT2D eigenvalue weighted by atomic mass is 16.4. The van der Waals surface area contributed by atoms with Crippen LogP contribution in [0, 0.1) is 0 Å². The highest BCUT2D eigenvalue weighted by molar-refractivity contribution is 5.75. The van der Waals surface area contributed by atoms with Gasteiger partial charge in [-0.15, -0.1) is 0 Å². The van der Waals surface area contributed by atoms with Crippen molar-refractivity contribution in [2.45, 2.75) is 18.1 Å². The quantitative estimate of drug-likeness (QED) is 0.498. The Hall–Kier alpha value is -1.50. The molecule has 15 heavy (non-hydrogen) atoms. The molecule has 0 aliphatic carbocycles. The van der Waals surface area contributed by atoms with E-state index in [0.717, 1.165) is 5.56 Å². The smallest absolute Gasteiger partial charge is 0.322 e. The summed E-state index contributed by atoms with van der Waals surface area (Å²) in [6.07, 6.45) is 2.84. The van der Waals surface area contributed by atoms with Gasteiger partial charge in [-0.1, -0.05) is 0 Å². The fourth-order valence-electron chi connectivity index (χ4n) is 1.77. The van der Waals surface area contributed by atoms with Crippen molar-refractivity contribution in [1.29, 1.82) is 0 Å². The summed E-state index contributed by atoms with van der Waals surface area (Å²) < 4.78 is 0. The van der Waals surface area contributed by atoms with Gasteiger partial charge in [0.05, 0.1) is 6.17 Å². The lowest BCUT2D eigenvalue weighted by atomic mass is 9.92. The van der Waals surface area contributed by atoms with Crippen LogP contribution in [-0.2, 0) is 4.79 Å². The molecule has 1 fully saturated rings. The first-order valence-electron chi connectivity index (χ1n) is 4.59. The zero-order valence-corrected chi connectivity index (χ0v) is 7.92. The molecule has 0 amide bonds. The van der Waals surface area contributed by atoms with E-state index < -0.39 is 18.2 Å². The number of aliphatic carboxylic acids is 1. The molecule has 1 aromatic heterocycles. The van der Waals surface area contributed by atoms with Gasteiger partial charge in [-0.3, -0.25) is 9.78 Å². The van der Waals surface area contributed by atoms with Gasteiger partial charge in [-0.2, -0.15) is 0 Å². The Bertz CT molecular complexity index is 356. The summed E-state index contributed by atoms with van der Waals surface area (Å²) in [5.41, 5.74) is 12.0.